The number of hydrogen-bond acceptors (Lipinski definition) is 7. The molecule has 0 aliphatic heterocycles. The monoisotopic (exact) mass is 283 g/mol. The fourth-order valence-electron chi connectivity index (χ4n) is 1.46. The quantitative estimate of drug-likeness (QED) is 0.405. The van der Waals surface area contributed by atoms with Gasteiger partial charge in [0.05, 0.1) is 4.92 Å². The maximum atomic E-state index is 10.9. The second kappa shape index (κ2) is 8.26. The molecule has 8 nitrogen and oxygen atoms in total. The van der Waals surface area contributed by atoms with Gasteiger partial charge >= 0.3 is 5.69 Å². The maximum absolute atomic E-state index is 10.9. The summed E-state index contributed by atoms with van der Waals surface area (Å²) in [4.78, 5) is 18.2. The number of nitrogens with one attached hydrogen (secondary N) is 2. The number of nitrogens with zero attached hydrogens (tertiary/aromatic N) is 3. The van der Waals surface area contributed by atoms with Gasteiger partial charge in [0.1, 0.15) is 6.20 Å². The van der Waals surface area contributed by atoms with E-state index in [-0.39, 0.29) is 11.5 Å². The number of nitro groups is 1. The van der Waals surface area contributed by atoms with Gasteiger partial charge in [-0.2, -0.15) is 4.98 Å². The molecule has 0 spiro atoms. The van der Waals surface area contributed by atoms with E-state index in [4.69, 9.17) is 4.74 Å². The molecule has 0 bridgehead atoms. The molecule has 1 rings (SSSR count). The van der Waals surface area contributed by atoms with Crippen molar-refractivity contribution in [2.45, 2.75) is 20.3 Å². The molecule has 20 heavy (non-hydrogen) atoms. The summed E-state index contributed by atoms with van der Waals surface area (Å²) in [5, 5.41) is 16.6. The number of hydrogen-bond donors (Lipinski definition) is 2. The van der Waals surface area contributed by atoms with Crippen LogP contribution in [0.3, 0.4) is 0 Å². The van der Waals surface area contributed by atoms with Crippen LogP contribution in [0.15, 0.2) is 6.20 Å². The van der Waals surface area contributed by atoms with Gasteiger partial charge in [-0.1, -0.05) is 13.8 Å². The van der Waals surface area contributed by atoms with Gasteiger partial charge in [0, 0.05) is 26.8 Å². The minimum atomic E-state index is -0.503. The first-order valence-electron chi connectivity index (χ1n) is 6.55. The molecule has 0 saturated carbocycles. The molecular formula is C12H21N5O3. The first kappa shape index (κ1) is 16.1. The van der Waals surface area contributed by atoms with Gasteiger partial charge < -0.3 is 15.4 Å². The molecule has 0 saturated heterocycles. The highest BCUT2D eigenvalue weighted by molar-refractivity contribution is 5.56. The van der Waals surface area contributed by atoms with Crippen LogP contribution in [0.1, 0.15) is 20.3 Å². The van der Waals surface area contributed by atoms with Crippen molar-refractivity contribution in [3.8, 4) is 0 Å². The number of rotatable bonds is 9. The maximum Gasteiger partial charge on any atom is 0.329 e. The summed E-state index contributed by atoms with van der Waals surface area (Å²) in [7, 11) is 1.66. The lowest BCUT2D eigenvalue weighted by atomic mass is 10.2. The predicted molar refractivity (Wildman–Crippen MR) is 77.0 cm³/mol. The lowest BCUT2D eigenvalue weighted by Gasteiger charge is -2.09. The van der Waals surface area contributed by atoms with Gasteiger partial charge in [-0.15, -0.1) is 0 Å². The minimum Gasteiger partial charge on any atom is -0.381 e. The second-order valence-electron chi connectivity index (χ2n) is 4.68. The summed E-state index contributed by atoms with van der Waals surface area (Å²) in [6.45, 7) is 6.06. The molecule has 1 heterocycles. The zero-order chi connectivity index (χ0) is 15.0. The summed E-state index contributed by atoms with van der Waals surface area (Å²) < 4.78 is 5.44. The van der Waals surface area contributed by atoms with Crippen LogP contribution in [-0.2, 0) is 4.74 Å². The Morgan fingerprint density at radius 2 is 2.25 bits per heavy atom. The van der Waals surface area contributed by atoms with Gasteiger partial charge in [0.2, 0.25) is 11.8 Å². The average Bonchev–Trinajstić information content (AvgIpc) is 2.41. The smallest absolute Gasteiger partial charge is 0.329 e. The van der Waals surface area contributed by atoms with Crippen molar-refractivity contribution in [2.24, 2.45) is 5.92 Å². The van der Waals surface area contributed by atoms with Crippen molar-refractivity contribution in [2.75, 3.05) is 37.4 Å². The molecule has 112 valence electrons. The van der Waals surface area contributed by atoms with E-state index in [1.165, 1.54) is 6.20 Å². The highest BCUT2D eigenvalue weighted by Crippen LogP contribution is 2.21. The van der Waals surface area contributed by atoms with Crippen molar-refractivity contribution >= 4 is 17.5 Å². The predicted octanol–water partition coefficient (Wildman–Crippen LogP) is 1.90. The first-order chi connectivity index (χ1) is 9.54. The normalized spacial score (nSPS) is 10.6. The summed E-state index contributed by atoms with van der Waals surface area (Å²) in [6.07, 6.45) is 1.94. The van der Waals surface area contributed by atoms with Gasteiger partial charge in [0.15, 0.2) is 0 Å². The highest BCUT2D eigenvalue weighted by Gasteiger charge is 2.16. The van der Waals surface area contributed by atoms with Gasteiger partial charge in [-0.3, -0.25) is 10.1 Å². The van der Waals surface area contributed by atoms with Crippen LogP contribution >= 0.6 is 0 Å². The van der Waals surface area contributed by atoms with E-state index in [2.05, 4.69) is 34.4 Å². The lowest BCUT2D eigenvalue weighted by Crippen LogP contribution is -2.11. The van der Waals surface area contributed by atoms with Crippen LogP contribution in [0.25, 0.3) is 0 Å². The van der Waals surface area contributed by atoms with Gasteiger partial charge in [-0.25, -0.2) is 4.98 Å². The molecule has 1 aromatic rings. The van der Waals surface area contributed by atoms with E-state index in [1.807, 2.05) is 0 Å². The van der Waals surface area contributed by atoms with E-state index in [1.54, 1.807) is 7.05 Å². The summed E-state index contributed by atoms with van der Waals surface area (Å²) in [5.41, 5.74) is -0.132. The van der Waals surface area contributed by atoms with Crippen LogP contribution in [0, 0.1) is 16.0 Å². The Balaban J connectivity index is 2.47. The summed E-state index contributed by atoms with van der Waals surface area (Å²) in [6, 6.07) is 0. The van der Waals surface area contributed by atoms with E-state index >= 15 is 0 Å². The Morgan fingerprint density at radius 3 is 2.85 bits per heavy atom. The summed E-state index contributed by atoms with van der Waals surface area (Å²) >= 11 is 0. The Kier molecular flexibility index (Phi) is 6.65. The molecule has 0 unspecified atom stereocenters. The molecule has 0 radical (unpaired) electrons. The first-order valence-corrected chi connectivity index (χ1v) is 6.55. The molecule has 0 amide bonds. The van der Waals surface area contributed by atoms with Crippen molar-refractivity contribution < 1.29 is 9.66 Å². The second-order valence-corrected chi connectivity index (χ2v) is 4.68. The number of aromatic nitrogens is 2. The molecule has 1 aromatic heterocycles. The third kappa shape index (κ3) is 5.35. The van der Waals surface area contributed by atoms with E-state index in [9.17, 15) is 10.1 Å². The van der Waals surface area contributed by atoms with Crippen molar-refractivity contribution in [1.82, 2.24) is 9.97 Å². The lowest BCUT2D eigenvalue weighted by molar-refractivity contribution is -0.384. The van der Waals surface area contributed by atoms with E-state index in [0.717, 1.165) is 13.0 Å². The topological polar surface area (TPSA) is 102 Å². The largest absolute Gasteiger partial charge is 0.381 e. The van der Waals surface area contributed by atoms with Crippen LogP contribution in [0.4, 0.5) is 17.5 Å². The van der Waals surface area contributed by atoms with Crippen molar-refractivity contribution in [3.05, 3.63) is 16.3 Å². The van der Waals surface area contributed by atoms with Crippen molar-refractivity contribution in [3.63, 3.8) is 0 Å². The zero-order valence-corrected chi connectivity index (χ0v) is 12.0. The number of ether oxygens (including phenoxy) is 1. The molecule has 0 aromatic carbocycles. The van der Waals surface area contributed by atoms with Crippen molar-refractivity contribution in [1.29, 1.82) is 0 Å². The van der Waals surface area contributed by atoms with E-state index < -0.39 is 4.92 Å². The Bertz CT molecular complexity index is 439. The standard InChI is InChI=1S/C12H21N5O3/c1-9(2)8-20-6-4-5-14-11-10(17(18)19)7-15-12(13-3)16-11/h7,9H,4-6,8H2,1-3H3,(H2,13,14,15,16). The SMILES string of the molecule is CNc1ncc([N+](=O)[O-])c(NCCCOCC(C)C)n1. The molecule has 0 aliphatic carbocycles. The summed E-state index contributed by atoms with van der Waals surface area (Å²) in [5.74, 6) is 1.07. The Labute approximate surface area is 118 Å². The third-order valence-corrected chi connectivity index (χ3v) is 2.40. The van der Waals surface area contributed by atoms with Crippen LogP contribution in [-0.4, -0.2) is 41.7 Å². The van der Waals surface area contributed by atoms with Gasteiger partial charge in [-0.05, 0) is 12.3 Å². The zero-order valence-electron chi connectivity index (χ0n) is 12.0. The molecule has 2 N–H and O–H groups in total. The van der Waals surface area contributed by atoms with Crippen LogP contribution < -0.4 is 10.6 Å². The minimum absolute atomic E-state index is 0.132. The highest BCUT2D eigenvalue weighted by atomic mass is 16.6. The molecule has 0 atom stereocenters. The fraction of sp³-hybridized carbons (Fsp3) is 0.667. The number of anilines is 2. The fourth-order valence-corrected chi connectivity index (χ4v) is 1.46. The molecular weight excluding hydrogens is 262 g/mol. The molecule has 0 fully saturated rings. The average molecular weight is 283 g/mol. The third-order valence-electron chi connectivity index (χ3n) is 2.40. The molecule has 8 heteroatoms. The molecule has 0 aliphatic rings. The Morgan fingerprint density at radius 1 is 1.50 bits per heavy atom. The Hall–Kier alpha value is -1.96. The van der Waals surface area contributed by atoms with Gasteiger partial charge in [0.25, 0.3) is 0 Å². The van der Waals surface area contributed by atoms with Crippen LogP contribution in [0.5, 0.6) is 0 Å². The van der Waals surface area contributed by atoms with E-state index in [0.29, 0.717) is 25.0 Å². The van der Waals surface area contributed by atoms with Crippen LogP contribution in [0.2, 0.25) is 0 Å².